The highest BCUT2D eigenvalue weighted by Gasteiger charge is 2.48. The molecule has 2 aromatic heterocycles. The van der Waals surface area contributed by atoms with Crippen molar-refractivity contribution in [1.29, 1.82) is 0 Å². The third-order valence-corrected chi connectivity index (χ3v) is 9.87. The zero-order chi connectivity index (χ0) is 28.2. The van der Waals surface area contributed by atoms with Crippen molar-refractivity contribution in [1.82, 2.24) is 34.2 Å². The predicted molar refractivity (Wildman–Crippen MR) is 158 cm³/mol. The summed E-state index contributed by atoms with van der Waals surface area (Å²) in [6.45, 7) is 6.05. The van der Waals surface area contributed by atoms with Crippen LogP contribution in [0.2, 0.25) is 0 Å². The number of aromatic amines is 1. The lowest BCUT2D eigenvalue weighted by molar-refractivity contribution is -0.142. The number of nitrogens with zero attached hydrogens (tertiary/aromatic N) is 6. The van der Waals surface area contributed by atoms with Gasteiger partial charge in [-0.1, -0.05) is 43.5 Å². The number of nitrogens with one attached hydrogen (secondary N) is 1. The van der Waals surface area contributed by atoms with Crippen molar-refractivity contribution in [2.24, 2.45) is 12.5 Å². The van der Waals surface area contributed by atoms with Crippen LogP contribution in [0.4, 0.5) is 0 Å². The van der Waals surface area contributed by atoms with Crippen molar-refractivity contribution in [3.05, 3.63) is 71.8 Å². The number of aryl methyl sites for hydroxylation is 1. The van der Waals surface area contributed by atoms with Crippen molar-refractivity contribution >= 4 is 5.97 Å². The van der Waals surface area contributed by atoms with Gasteiger partial charge in [-0.15, -0.1) is 0 Å². The van der Waals surface area contributed by atoms with Crippen LogP contribution < -0.4 is 0 Å². The van der Waals surface area contributed by atoms with E-state index in [0.29, 0.717) is 13.1 Å². The maximum absolute atomic E-state index is 12.3. The summed E-state index contributed by atoms with van der Waals surface area (Å²) in [6, 6.07) is 9.09. The molecule has 0 unspecified atom stereocenters. The van der Waals surface area contributed by atoms with Gasteiger partial charge in [0.1, 0.15) is 17.7 Å². The monoisotopic (exact) mass is 559 g/mol. The Balaban J connectivity index is 1.08. The van der Waals surface area contributed by atoms with Crippen LogP contribution in [0.3, 0.4) is 0 Å². The molecule has 41 heavy (non-hydrogen) atoms. The topological polar surface area (TPSA) is 93.5 Å². The average molecular weight is 560 g/mol. The highest BCUT2D eigenvalue weighted by atomic mass is 16.4. The molecule has 0 amide bonds. The molecule has 2 saturated heterocycles. The normalized spacial score (nSPS) is 22.1. The van der Waals surface area contributed by atoms with Crippen LogP contribution in [0.15, 0.2) is 49.1 Å². The van der Waals surface area contributed by atoms with E-state index in [0.717, 1.165) is 69.7 Å². The van der Waals surface area contributed by atoms with Gasteiger partial charge in [-0.3, -0.25) is 14.6 Å². The largest absolute Gasteiger partial charge is 0.480 e. The quantitative estimate of drug-likeness (QED) is 0.380. The van der Waals surface area contributed by atoms with E-state index in [1.807, 2.05) is 25.6 Å². The number of carbonyl (C=O) groups is 1. The van der Waals surface area contributed by atoms with Gasteiger partial charge in [-0.25, -0.2) is 9.97 Å². The van der Waals surface area contributed by atoms with Gasteiger partial charge in [0.2, 0.25) is 0 Å². The van der Waals surface area contributed by atoms with E-state index in [-0.39, 0.29) is 5.41 Å². The minimum absolute atomic E-state index is 0.144. The number of benzene rings is 1. The minimum atomic E-state index is -0.670. The number of carboxylic acid groups (broad SMARTS) is 1. The van der Waals surface area contributed by atoms with E-state index in [9.17, 15) is 9.90 Å². The number of rotatable bonds is 10. The van der Waals surface area contributed by atoms with E-state index < -0.39 is 12.0 Å². The lowest BCUT2D eigenvalue weighted by Gasteiger charge is -2.43. The summed E-state index contributed by atoms with van der Waals surface area (Å²) < 4.78 is 2.06. The lowest BCUT2D eigenvalue weighted by atomic mass is 9.76. The molecular weight excluding hydrogens is 514 g/mol. The molecule has 0 radical (unpaired) electrons. The maximum Gasteiger partial charge on any atom is 0.320 e. The first-order valence-corrected chi connectivity index (χ1v) is 15.4. The third-order valence-electron chi connectivity index (χ3n) is 9.87. The number of aliphatic carboxylic acids is 1. The van der Waals surface area contributed by atoms with Gasteiger partial charge in [0.15, 0.2) is 0 Å². The second kappa shape index (κ2) is 12.5. The summed E-state index contributed by atoms with van der Waals surface area (Å²) in [4.78, 5) is 31.8. The molecule has 0 bridgehead atoms. The Kier molecular flexibility index (Phi) is 8.55. The zero-order valence-corrected chi connectivity index (χ0v) is 24.4. The highest BCUT2D eigenvalue weighted by molar-refractivity contribution is 5.74. The molecule has 6 rings (SSSR count). The first kappa shape index (κ1) is 28.1. The van der Waals surface area contributed by atoms with Crippen LogP contribution in [0, 0.1) is 5.41 Å². The summed E-state index contributed by atoms with van der Waals surface area (Å²) in [5.41, 5.74) is 2.54. The Morgan fingerprint density at radius 3 is 2.44 bits per heavy atom. The molecule has 1 aromatic carbocycles. The SMILES string of the molecule is Cn1ccnc1CN(Cc1ccc(CN2CC3(CCN(C4CCCCC4)CC3)C[C@H]2C(=O)O)cc1)Cc1ncc[nH]1. The summed E-state index contributed by atoms with van der Waals surface area (Å²) in [5, 5.41) is 10.1. The number of piperidine rings is 1. The second-order valence-corrected chi connectivity index (χ2v) is 12.7. The summed E-state index contributed by atoms with van der Waals surface area (Å²) >= 11 is 0. The molecular formula is C32H45N7O2. The van der Waals surface area contributed by atoms with Crippen LogP contribution in [0.25, 0.3) is 0 Å². The highest BCUT2D eigenvalue weighted by Crippen LogP contribution is 2.45. The molecule has 1 atom stereocenters. The number of imidazole rings is 2. The third kappa shape index (κ3) is 6.74. The molecule has 9 nitrogen and oxygen atoms in total. The fraction of sp³-hybridized carbons (Fsp3) is 0.594. The fourth-order valence-corrected chi connectivity index (χ4v) is 7.48. The lowest BCUT2D eigenvalue weighted by Crippen LogP contribution is -2.46. The molecule has 3 aromatic rings. The number of H-pyrrole nitrogens is 1. The molecule has 1 spiro atoms. The van der Waals surface area contributed by atoms with Gasteiger partial charge in [0.25, 0.3) is 0 Å². The molecule has 2 aliphatic heterocycles. The molecule has 4 heterocycles. The number of hydrogen-bond donors (Lipinski definition) is 2. The Labute approximate surface area is 243 Å². The molecule has 9 heteroatoms. The van der Waals surface area contributed by atoms with Crippen LogP contribution in [-0.4, -0.2) is 77.0 Å². The second-order valence-electron chi connectivity index (χ2n) is 12.7. The molecule has 2 N–H and O–H groups in total. The Hall–Kier alpha value is -3.01. The molecule has 1 saturated carbocycles. The van der Waals surface area contributed by atoms with E-state index in [1.54, 1.807) is 6.20 Å². The van der Waals surface area contributed by atoms with Crippen molar-refractivity contribution < 1.29 is 9.90 Å². The fourth-order valence-electron chi connectivity index (χ4n) is 7.48. The van der Waals surface area contributed by atoms with E-state index in [2.05, 4.69) is 58.5 Å². The number of carboxylic acids is 1. The summed E-state index contributed by atoms with van der Waals surface area (Å²) in [6.07, 6.45) is 17.3. The average Bonchev–Trinajstić information content (AvgIpc) is 3.72. The van der Waals surface area contributed by atoms with Crippen LogP contribution in [-0.2, 0) is 38.0 Å². The Morgan fingerprint density at radius 1 is 1.02 bits per heavy atom. The van der Waals surface area contributed by atoms with Crippen molar-refractivity contribution in [3.8, 4) is 0 Å². The van der Waals surface area contributed by atoms with Crippen molar-refractivity contribution in [3.63, 3.8) is 0 Å². The van der Waals surface area contributed by atoms with Crippen LogP contribution >= 0.6 is 0 Å². The number of aromatic nitrogens is 4. The standard InChI is InChI=1S/C32H45N7O2/c1-36-18-15-35-30(36)23-37(22-29-33-13-14-34-29)20-25-7-9-26(10-8-25)21-39-24-32(19-28(39)31(40)41)11-16-38(17-12-32)27-5-3-2-4-6-27/h7-10,13-15,18,27-28H,2-6,11-12,16-17,19-24H2,1H3,(H,33,34)(H,40,41)/t28-/m0/s1. The van der Waals surface area contributed by atoms with E-state index >= 15 is 0 Å². The van der Waals surface area contributed by atoms with Gasteiger partial charge < -0.3 is 19.6 Å². The number of likely N-dealkylation sites (tertiary alicyclic amines) is 2. The zero-order valence-electron chi connectivity index (χ0n) is 24.4. The van der Waals surface area contributed by atoms with E-state index in [4.69, 9.17) is 0 Å². The van der Waals surface area contributed by atoms with E-state index in [1.165, 1.54) is 43.2 Å². The summed E-state index contributed by atoms with van der Waals surface area (Å²) in [5.74, 6) is 1.28. The van der Waals surface area contributed by atoms with Gasteiger partial charge in [0, 0.05) is 57.5 Å². The summed E-state index contributed by atoms with van der Waals surface area (Å²) in [7, 11) is 2.02. The minimum Gasteiger partial charge on any atom is -0.480 e. The van der Waals surface area contributed by atoms with Crippen molar-refractivity contribution in [2.75, 3.05) is 19.6 Å². The molecule has 3 fully saturated rings. The van der Waals surface area contributed by atoms with Gasteiger partial charge in [-0.05, 0) is 61.7 Å². The number of hydrogen-bond acceptors (Lipinski definition) is 6. The maximum atomic E-state index is 12.3. The first-order valence-electron chi connectivity index (χ1n) is 15.4. The Morgan fingerprint density at radius 2 is 1.78 bits per heavy atom. The Bertz CT molecular complexity index is 1260. The smallest absolute Gasteiger partial charge is 0.320 e. The first-order chi connectivity index (χ1) is 20.0. The molecule has 1 aliphatic carbocycles. The predicted octanol–water partition coefficient (Wildman–Crippen LogP) is 4.42. The van der Waals surface area contributed by atoms with Crippen LogP contribution in [0.5, 0.6) is 0 Å². The molecule has 3 aliphatic rings. The van der Waals surface area contributed by atoms with Crippen LogP contribution in [0.1, 0.15) is 74.1 Å². The van der Waals surface area contributed by atoms with Gasteiger partial charge >= 0.3 is 5.97 Å². The van der Waals surface area contributed by atoms with Gasteiger partial charge in [-0.2, -0.15) is 0 Å². The molecule has 220 valence electrons. The van der Waals surface area contributed by atoms with Crippen molar-refractivity contribution in [2.45, 2.75) is 89.6 Å². The van der Waals surface area contributed by atoms with Gasteiger partial charge in [0.05, 0.1) is 13.1 Å².